The summed E-state index contributed by atoms with van der Waals surface area (Å²) in [6, 6.07) is 3.09. The zero-order valence-corrected chi connectivity index (χ0v) is 14.2. The third-order valence-corrected chi connectivity index (χ3v) is 2.96. The molecular formula is C15H18F3N5O2. The van der Waals surface area contributed by atoms with E-state index in [4.69, 9.17) is 4.74 Å². The molecule has 0 N–H and O–H groups in total. The molecule has 2 aromatic rings. The number of carbonyl (C=O) groups is 1. The Morgan fingerprint density at radius 1 is 1.24 bits per heavy atom. The summed E-state index contributed by atoms with van der Waals surface area (Å²) in [5.41, 5.74) is 0.302. The second-order valence-electron chi connectivity index (χ2n) is 6.39. The minimum atomic E-state index is -4.58. The predicted molar refractivity (Wildman–Crippen MR) is 82.3 cm³/mol. The summed E-state index contributed by atoms with van der Waals surface area (Å²) in [5, 5.41) is 11.1. The lowest BCUT2D eigenvalue weighted by Crippen LogP contribution is -2.34. The number of rotatable bonds is 3. The molecular weight excluding hydrogens is 339 g/mol. The van der Waals surface area contributed by atoms with Gasteiger partial charge in [-0.05, 0) is 32.9 Å². The summed E-state index contributed by atoms with van der Waals surface area (Å²) in [5.74, 6) is 0. The first-order chi connectivity index (χ1) is 11.5. The predicted octanol–water partition coefficient (Wildman–Crippen LogP) is 3.18. The van der Waals surface area contributed by atoms with E-state index in [-0.39, 0.29) is 22.5 Å². The van der Waals surface area contributed by atoms with Gasteiger partial charge in [0.2, 0.25) is 0 Å². The molecule has 0 spiro atoms. The Hall–Kier alpha value is -2.65. The molecule has 1 amide bonds. The maximum absolute atomic E-state index is 12.5. The van der Waals surface area contributed by atoms with E-state index in [0.29, 0.717) is 5.69 Å². The highest BCUT2D eigenvalue weighted by Gasteiger charge is 2.31. The first-order valence-electron chi connectivity index (χ1n) is 7.35. The van der Waals surface area contributed by atoms with Gasteiger partial charge in [-0.2, -0.15) is 20.0 Å². The maximum atomic E-state index is 12.5. The Bertz CT molecular complexity index is 735. The highest BCUT2D eigenvalue weighted by molar-refractivity contribution is 5.67. The standard InChI is InChI=1S/C15H18F3N5O2/c1-14(2,3)25-13(24)22(4)9-11-5-6-12(21-20-11)10-7-19-23(8-10)15(16,17)18/h5-8H,9H2,1-4H3. The van der Waals surface area contributed by atoms with Gasteiger partial charge >= 0.3 is 12.4 Å². The van der Waals surface area contributed by atoms with E-state index >= 15 is 0 Å². The average Bonchev–Trinajstić information content (AvgIpc) is 2.96. The fourth-order valence-corrected chi connectivity index (χ4v) is 1.84. The van der Waals surface area contributed by atoms with Crippen LogP contribution in [0.25, 0.3) is 11.3 Å². The summed E-state index contributed by atoms with van der Waals surface area (Å²) < 4.78 is 42.7. The highest BCUT2D eigenvalue weighted by atomic mass is 19.4. The lowest BCUT2D eigenvalue weighted by Gasteiger charge is -2.24. The van der Waals surface area contributed by atoms with Crippen molar-refractivity contribution in [2.75, 3.05) is 7.05 Å². The summed E-state index contributed by atoms with van der Waals surface area (Å²) >= 11 is 0. The van der Waals surface area contributed by atoms with Crippen molar-refractivity contribution in [1.82, 2.24) is 24.9 Å². The van der Waals surface area contributed by atoms with Crippen LogP contribution >= 0.6 is 0 Å². The van der Waals surface area contributed by atoms with E-state index in [0.717, 1.165) is 12.4 Å². The quantitative estimate of drug-likeness (QED) is 0.844. The van der Waals surface area contributed by atoms with Crippen LogP contribution in [0.3, 0.4) is 0 Å². The molecule has 2 rings (SSSR count). The molecule has 136 valence electrons. The van der Waals surface area contributed by atoms with Crippen LogP contribution in [0.2, 0.25) is 0 Å². The van der Waals surface area contributed by atoms with Gasteiger partial charge in [-0.15, -0.1) is 13.2 Å². The van der Waals surface area contributed by atoms with E-state index in [1.54, 1.807) is 33.9 Å². The Labute approximate surface area is 142 Å². The van der Waals surface area contributed by atoms with Gasteiger partial charge in [0.05, 0.1) is 24.1 Å². The van der Waals surface area contributed by atoms with Crippen molar-refractivity contribution in [2.45, 2.75) is 39.2 Å². The molecule has 10 heteroatoms. The minimum Gasteiger partial charge on any atom is -0.444 e. The normalized spacial score (nSPS) is 12.1. The third kappa shape index (κ3) is 5.16. The van der Waals surface area contributed by atoms with Crippen molar-refractivity contribution in [3.8, 4) is 11.3 Å². The van der Waals surface area contributed by atoms with Gasteiger partial charge in [-0.1, -0.05) is 0 Å². The summed E-state index contributed by atoms with van der Waals surface area (Å²) in [7, 11) is 1.55. The van der Waals surface area contributed by atoms with Crippen LogP contribution in [0.5, 0.6) is 0 Å². The van der Waals surface area contributed by atoms with E-state index in [1.165, 1.54) is 11.0 Å². The van der Waals surface area contributed by atoms with Crippen LogP contribution in [0.15, 0.2) is 24.5 Å². The van der Waals surface area contributed by atoms with Gasteiger partial charge in [0.1, 0.15) is 5.60 Å². The second-order valence-corrected chi connectivity index (χ2v) is 6.39. The molecule has 25 heavy (non-hydrogen) atoms. The SMILES string of the molecule is CN(Cc1ccc(-c2cnn(C(F)(F)F)c2)nn1)C(=O)OC(C)(C)C. The van der Waals surface area contributed by atoms with Crippen LogP contribution in [0.1, 0.15) is 26.5 Å². The Morgan fingerprint density at radius 2 is 1.92 bits per heavy atom. The van der Waals surface area contributed by atoms with E-state index < -0.39 is 18.0 Å². The monoisotopic (exact) mass is 357 g/mol. The molecule has 0 bridgehead atoms. The second kappa shape index (κ2) is 6.69. The van der Waals surface area contributed by atoms with E-state index in [1.807, 2.05) is 0 Å². The number of aromatic nitrogens is 4. The van der Waals surface area contributed by atoms with Crippen LogP contribution in [0, 0.1) is 0 Å². The first-order valence-corrected chi connectivity index (χ1v) is 7.35. The number of alkyl halides is 3. The Kier molecular flexibility index (Phi) is 5.00. The molecule has 0 aliphatic heterocycles. The van der Waals surface area contributed by atoms with Crippen LogP contribution < -0.4 is 0 Å². The van der Waals surface area contributed by atoms with Gasteiger partial charge in [0.25, 0.3) is 0 Å². The smallest absolute Gasteiger partial charge is 0.444 e. The average molecular weight is 357 g/mol. The van der Waals surface area contributed by atoms with Gasteiger partial charge in [0.15, 0.2) is 0 Å². The van der Waals surface area contributed by atoms with E-state index in [9.17, 15) is 18.0 Å². The molecule has 0 aliphatic rings. The molecule has 2 heterocycles. The van der Waals surface area contributed by atoms with Gasteiger partial charge < -0.3 is 9.64 Å². The number of carbonyl (C=O) groups excluding carboxylic acids is 1. The molecule has 0 aromatic carbocycles. The summed E-state index contributed by atoms with van der Waals surface area (Å²) in [6.45, 7) is 5.43. The number of halogens is 3. The Morgan fingerprint density at radius 3 is 2.40 bits per heavy atom. The fraction of sp³-hybridized carbons (Fsp3) is 0.467. The van der Waals surface area contributed by atoms with Crippen LogP contribution in [-0.2, 0) is 17.6 Å². The number of ether oxygens (including phenoxy) is 1. The zero-order chi connectivity index (χ0) is 18.8. The number of hydrogen-bond acceptors (Lipinski definition) is 5. The van der Waals surface area contributed by atoms with Gasteiger partial charge in [0, 0.05) is 18.8 Å². The van der Waals surface area contributed by atoms with Crippen molar-refractivity contribution in [3.63, 3.8) is 0 Å². The van der Waals surface area contributed by atoms with Crippen molar-refractivity contribution < 1.29 is 22.7 Å². The largest absolute Gasteiger partial charge is 0.504 e. The molecule has 0 fully saturated rings. The molecule has 0 saturated heterocycles. The van der Waals surface area contributed by atoms with Crippen molar-refractivity contribution in [1.29, 1.82) is 0 Å². The van der Waals surface area contributed by atoms with Crippen molar-refractivity contribution in [2.24, 2.45) is 0 Å². The summed E-state index contributed by atoms with van der Waals surface area (Å²) in [6.07, 6.45) is -3.20. The lowest BCUT2D eigenvalue weighted by atomic mass is 10.2. The first kappa shape index (κ1) is 18.7. The lowest BCUT2D eigenvalue weighted by molar-refractivity contribution is -0.212. The molecule has 0 aliphatic carbocycles. The van der Waals surface area contributed by atoms with Crippen molar-refractivity contribution >= 4 is 6.09 Å². The maximum Gasteiger partial charge on any atom is 0.504 e. The molecule has 0 unspecified atom stereocenters. The molecule has 0 atom stereocenters. The van der Waals surface area contributed by atoms with Crippen LogP contribution in [-0.4, -0.2) is 43.6 Å². The number of hydrogen-bond donors (Lipinski definition) is 0. The van der Waals surface area contributed by atoms with Gasteiger partial charge in [-0.25, -0.2) is 4.79 Å². The number of nitrogens with zero attached hydrogens (tertiary/aromatic N) is 5. The van der Waals surface area contributed by atoms with Gasteiger partial charge in [-0.3, -0.25) is 0 Å². The zero-order valence-electron chi connectivity index (χ0n) is 14.2. The molecule has 0 radical (unpaired) electrons. The van der Waals surface area contributed by atoms with E-state index in [2.05, 4.69) is 15.3 Å². The molecule has 0 saturated carbocycles. The topological polar surface area (TPSA) is 73.1 Å². The third-order valence-electron chi connectivity index (χ3n) is 2.96. The molecule has 2 aromatic heterocycles. The molecule has 7 nitrogen and oxygen atoms in total. The Balaban J connectivity index is 2.05. The highest BCUT2D eigenvalue weighted by Crippen LogP contribution is 2.24. The summed E-state index contributed by atoms with van der Waals surface area (Å²) in [4.78, 5) is 13.2. The minimum absolute atomic E-state index is 0.103. The fourth-order valence-electron chi connectivity index (χ4n) is 1.84. The van der Waals surface area contributed by atoms with Crippen LogP contribution in [0.4, 0.5) is 18.0 Å². The number of amides is 1. The van der Waals surface area contributed by atoms with Crippen molar-refractivity contribution in [3.05, 3.63) is 30.2 Å².